The molecule has 0 N–H and O–H groups in total. The highest BCUT2D eigenvalue weighted by molar-refractivity contribution is 6.12. The van der Waals surface area contributed by atoms with Crippen molar-refractivity contribution in [2.45, 2.75) is 6.92 Å². The molecule has 62 valence electrons. The zero-order valence-electron chi connectivity index (χ0n) is 6.52. The summed E-state index contributed by atoms with van der Waals surface area (Å²) in [5.41, 5.74) is 1.36. The molecule has 1 aliphatic rings. The first-order valence-electron chi connectivity index (χ1n) is 3.52. The molecule has 0 aromatic carbocycles. The average Bonchev–Trinajstić information content (AvgIpc) is 2.61. The van der Waals surface area contributed by atoms with Crippen molar-refractivity contribution in [3.05, 3.63) is 18.0 Å². The second kappa shape index (κ2) is 2.44. The van der Waals surface area contributed by atoms with Gasteiger partial charge in [-0.1, -0.05) is 5.21 Å². The lowest BCUT2D eigenvalue weighted by Gasteiger charge is -1.96. The van der Waals surface area contributed by atoms with Crippen LogP contribution in [-0.4, -0.2) is 27.6 Å². The summed E-state index contributed by atoms with van der Waals surface area (Å²) in [4.78, 5) is 11.1. The van der Waals surface area contributed by atoms with Gasteiger partial charge in [0.2, 0.25) is 0 Å². The van der Waals surface area contributed by atoms with E-state index in [0.717, 1.165) is 5.57 Å². The minimum atomic E-state index is -0.335. The van der Waals surface area contributed by atoms with E-state index in [2.05, 4.69) is 10.3 Å². The Morgan fingerprint density at radius 1 is 1.67 bits per heavy atom. The zero-order chi connectivity index (χ0) is 8.55. The molecule has 1 aliphatic heterocycles. The fraction of sp³-hybridized carbons (Fsp3) is 0.286. The fourth-order valence-electron chi connectivity index (χ4n) is 1.10. The van der Waals surface area contributed by atoms with Crippen LogP contribution < -0.4 is 0 Å². The van der Waals surface area contributed by atoms with Crippen LogP contribution in [0.5, 0.6) is 0 Å². The predicted octanol–water partition coefficient (Wildman–Crippen LogP) is 0.0659. The summed E-state index contributed by atoms with van der Waals surface area (Å²) in [5.74, 6) is -0.335. The van der Waals surface area contributed by atoms with E-state index in [1.54, 1.807) is 6.20 Å². The number of carbonyl (C=O) groups excluding carboxylic acids is 1. The van der Waals surface area contributed by atoms with Crippen LogP contribution in [-0.2, 0) is 9.53 Å². The van der Waals surface area contributed by atoms with Crippen LogP contribution in [0.15, 0.2) is 18.0 Å². The first kappa shape index (κ1) is 7.02. The number of rotatable bonds is 1. The average molecular weight is 165 g/mol. The van der Waals surface area contributed by atoms with E-state index in [1.807, 2.05) is 6.92 Å². The van der Waals surface area contributed by atoms with Crippen molar-refractivity contribution >= 4 is 11.7 Å². The summed E-state index contributed by atoms with van der Waals surface area (Å²) in [6, 6.07) is 0. The van der Waals surface area contributed by atoms with Crippen molar-refractivity contribution in [2.24, 2.45) is 0 Å². The van der Waals surface area contributed by atoms with E-state index in [0.29, 0.717) is 12.3 Å². The number of cyclic esters (lactones) is 1. The lowest BCUT2D eigenvalue weighted by Crippen LogP contribution is -2.06. The maximum Gasteiger partial charge on any atom is 0.357 e. The lowest BCUT2D eigenvalue weighted by molar-refractivity contribution is -0.134. The van der Waals surface area contributed by atoms with Crippen LogP contribution in [0, 0.1) is 0 Å². The Morgan fingerprint density at radius 3 is 3.00 bits per heavy atom. The van der Waals surface area contributed by atoms with Crippen molar-refractivity contribution in [1.82, 2.24) is 15.0 Å². The van der Waals surface area contributed by atoms with Crippen LogP contribution in [0.25, 0.3) is 5.70 Å². The zero-order valence-corrected chi connectivity index (χ0v) is 6.52. The quantitative estimate of drug-likeness (QED) is 0.552. The molecule has 0 amide bonds. The molecule has 2 heterocycles. The SMILES string of the molecule is CC1=C(n2ccnn2)C(=O)OC1. The molecule has 0 bridgehead atoms. The summed E-state index contributed by atoms with van der Waals surface area (Å²) >= 11 is 0. The van der Waals surface area contributed by atoms with Crippen molar-refractivity contribution in [3.8, 4) is 0 Å². The molecule has 1 aromatic rings. The Balaban J connectivity index is 2.47. The number of nitrogens with zero attached hydrogens (tertiary/aromatic N) is 3. The molecule has 0 radical (unpaired) electrons. The monoisotopic (exact) mass is 165 g/mol. The van der Waals surface area contributed by atoms with Gasteiger partial charge in [-0.15, -0.1) is 5.10 Å². The number of hydrogen-bond donors (Lipinski definition) is 0. The third kappa shape index (κ3) is 0.903. The molecule has 5 nitrogen and oxygen atoms in total. The molecular weight excluding hydrogens is 158 g/mol. The van der Waals surface area contributed by atoms with E-state index in [9.17, 15) is 4.79 Å². The van der Waals surface area contributed by atoms with Crippen LogP contribution in [0.3, 0.4) is 0 Å². The molecule has 0 atom stereocenters. The highest BCUT2D eigenvalue weighted by Crippen LogP contribution is 2.18. The summed E-state index contributed by atoms with van der Waals surface area (Å²) in [6.07, 6.45) is 3.14. The van der Waals surface area contributed by atoms with Gasteiger partial charge in [0.1, 0.15) is 6.61 Å². The van der Waals surface area contributed by atoms with Crippen LogP contribution in [0.1, 0.15) is 6.92 Å². The predicted molar refractivity (Wildman–Crippen MR) is 39.9 cm³/mol. The second-order valence-electron chi connectivity index (χ2n) is 2.55. The van der Waals surface area contributed by atoms with Gasteiger partial charge in [-0.05, 0) is 12.5 Å². The first-order valence-corrected chi connectivity index (χ1v) is 3.52. The van der Waals surface area contributed by atoms with Gasteiger partial charge < -0.3 is 4.74 Å². The Labute approximate surface area is 68.6 Å². The highest BCUT2D eigenvalue weighted by Gasteiger charge is 2.23. The molecule has 0 aliphatic carbocycles. The van der Waals surface area contributed by atoms with Crippen molar-refractivity contribution in [2.75, 3.05) is 6.61 Å². The fourth-order valence-corrected chi connectivity index (χ4v) is 1.10. The van der Waals surface area contributed by atoms with Gasteiger partial charge in [-0.3, -0.25) is 0 Å². The van der Waals surface area contributed by atoms with Gasteiger partial charge >= 0.3 is 5.97 Å². The minimum Gasteiger partial charge on any atom is -0.456 e. The second-order valence-corrected chi connectivity index (χ2v) is 2.55. The molecular formula is C7H7N3O2. The third-order valence-electron chi connectivity index (χ3n) is 1.67. The topological polar surface area (TPSA) is 57.0 Å². The van der Waals surface area contributed by atoms with Gasteiger partial charge in [0.05, 0.1) is 12.4 Å². The van der Waals surface area contributed by atoms with Gasteiger partial charge in [0, 0.05) is 0 Å². The number of carbonyl (C=O) groups is 1. The molecule has 0 saturated heterocycles. The molecule has 1 aromatic heterocycles. The van der Waals surface area contributed by atoms with E-state index >= 15 is 0 Å². The smallest absolute Gasteiger partial charge is 0.357 e. The van der Waals surface area contributed by atoms with Gasteiger partial charge in [0.25, 0.3) is 0 Å². The number of aromatic nitrogens is 3. The van der Waals surface area contributed by atoms with Crippen molar-refractivity contribution < 1.29 is 9.53 Å². The van der Waals surface area contributed by atoms with Gasteiger partial charge in [0.15, 0.2) is 5.70 Å². The number of hydrogen-bond acceptors (Lipinski definition) is 4. The maximum atomic E-state index is 11.1. The number of esters is 1. The first-order chi connectivity index (χ1) is 5.79. The summed E-state index contributed by atoms with van der Waals surface area (Å²) in [7, 11) is 0. The molecule has 12 heavy (non-hydrogen) atoms. The molecule has 0 unspecified atom stereocenters. The lowest BCUT2D eigenvalue weighted by atomic mass is 10.3. The minimum absolute atomic E-state index is 0.335. The van der Waals surface area contributed by atoms with E-state index < -0.39 is 0 Å². The Hall–Kier alpha value is -1.65. The Kier molecular flexibility index (Phi) is 1.43. The normalized spacial score (nSPS) is 16.9. The van der Waals surface area contributed by atoms with Crippen LogP contribution >= 0.6 is 0 Å². The maximum absolute atomic E-state index is 11.1. The van der Waals surface area contributed by atoms with Crippen LogP contribution in [0.4, 0.5) is 0 Å². The summed E-state index contributed by atoms with van der Waals surface area (Å²) in [5, 5.41) is 7.31. The van der Waals surface area contributed by atoms with Gasteiger partial charge in [-0.2, -0.15) is 0 Å². The van der Waals surface area contributed by atoms with Crippen LogP contribution in [0.2, 0.25) is 0 Å². The molecule has 0 spiro atoms. The molecule has 2 rings (SSSR count). The van der Waals surface area contributed by atoms with Crippen molar-refractivity contribution in [1.29, 1.82) is 0 Å². The molecule has 0 saturated carbocycles. The van der Waals surface area contributed by atoms with E-state index in [4.69, 9.17) is 4.74 Å². The Bertz CT molecular complexity index is 340. The Morgan fingerprint density at radius 2 is 2.50 bits per heavy atom. The van der Waals surface area contributed by atoms with E-state index in [1.165, 1.54) is 10.9 Å². The molecule has 5 heteroatoms. The van der Waals surface area contributed by atoms with E-state index in [-0.39, 0.29) is 5.97 Å². The summed E-state index contributed by atoms with van der Waals surface area (Å²) in [6.45, 7) is 2.19. The summed E-state index contributed by atoms with van der Waals surface area (Å²) < 4.78 is 6.22. The number of ether oxygens (including phenoxy) is 1. The third-order valence-corrected chi connectivity index (χ3v) is 1.67. The highest BCUT2D eigenvalue weighted by atomic mass is 16.5. The van der Waals surface area contributed by atoms with Crippen molar-refractivity contribution in [3.63, 3.8) is 0 Å². The van der Waals surface area contributed by atoms with Gasteiger partial charge in [-0.25, -0.2) is 9.48 Å². The largest absolute Gasteiger partial charge is 0.456 e. The standard InChI is InChI=1S/C7H7N3O2/c1-5-4-12-7(11)6(5)10-3-2-8-9-10/h2-3H,4H2,1H3. The molecule has 0 fully saturated rings.